The third kappa shape index (κ3) is 3.50. The summed E-state index contributed by atoms with van der Waals surface area (Å²) < 4.78 is 0. The fourth-order valence-electron chi connectivity index (χ4n) is 2.80. The Hall–Kier alpha value is -2.43. The molecule has 1 aromatic carbocycles. The largest absolute Gasteiger partial charge is 0.339 e. The Morgan fingerprint density at radius 1 is 1.35 bits per heavy atom. The summed E-state index contributed by atoms with van der Waals surface area (Å²) in [5.41, 5.74) is 2.64. The number of rotatable bonds is 7. The Morgan fingerprint density at radius 2 is 2.00 bits per heavy atom. The highest BCUT2D eigenvalue weighted by Crippen LogP contribution is 2.26. The van der Waals surface area contributed by atoms with Crippen molar-refractivity contribution in [3.8, 4) is 0 Å². The fraction of sp³-hybridized carbons (Fsp3) is 0.389. The second kappa shape index (κ2) is 7.22. The first-order valence-corrected chi connectivity index (χ1v) is 7.70. The number of allylic oxidation sites excluding steroid dienone is 1. The highest BCUT2D eigenvalue weighted by molar-refractivity contribution is 6.02. The van der Waals surface area contributed by atoms with Gasteiger partial charge in [-0.25, -0.2) is 0 Å². The second-order valence-corrected chi connectivity index (χ2v) is 5.97. The monoisotopic (exact) mass is 314 g/mol. The lowest BCUT2D eigenvalue weighted by Crippen LogP contribution is -2.35. The van der Waals surface area contributed by atoms with Gasteiger partial charge in [-0.3, -0.25) is 14.4 Å². The van der Waals surface area contributed by atoms with E-state index < -0.39 is 0 Å². The van der Waals surface area contributed by atoms with E-state index in [0.29, 0.717) is 30.5 Å². The van der Waals surface area contributed by atoms with Crippen LogP contribution in [0.2, 0.25) is 0 Å². The van der Waals surface area contributed by atoms with Gasteiger partial charge in [-0.15, -0.1) is 6.58 Å². The quantitative estimate of drug-likeness (QED) is 0.573. The molecule has 5 heteroatoms. The molecule has 122 valence electrons. The van der Waals surface area contributed by atoms with Gasteiger partial charge >= 0.3 is 0 Å². The number of carbonyl (C=O) groups is 3. The normalized spacial score (nSPS) is 14.1. The molecule has 1 aliphatic heterocycles. The van der Waals surface area contributed by atoms with Crippen LogP contribution in [0.3, 0.4) is 0 Å². The first kappa shape index (κ1) is 16.9. The van der Waals surface area contributed by atoms with E-state index >= 15 is 0 Å². The summed E-state index contributed by atoms with van der Waals surface area (Å²) in [6, 6.07) is 3.53. The zero-order valence-corrected chi connectivity index (χ0v) is 13.6. The molecule has 5 nitrogen and oxygen atoms in total. The van der Waals surface area contributed by atoms with Crippen LogP contribution >= 0.6 is 0 Å². The van der Waals surface area contributed by atoms with Gasteiger partial charge in [-0.2, -0.15) is 0 Å². The fourth-order valence-corrected chi connectivity index (χ4v) is 2.80. The molecule has 1 atom stereocenters. The molecule has 1 aromatic rings. The second-order valence-electron chi connectivity index (χ2n) is 5.97. The maximum Gasteiger partial charge on any atom is 0.254 e. The average Bonchev–Trinajstić information content (AvgIpc) is 2.98. The molecule has 0 spiro atoms. The van der Waals surface area contributed by atoms with Crippen LogP contribution in [-0.4, -0.2) is 41.5 Å². The van der Waals surface area contributed by atoms with Gasteiger partial charge in [0.25, 0.3) is 5.91 Å². The van der Waals surface area contributed by atoms with E-state index in [-0.39, 0.29) is 11.9 Å². The van der Waals surface area contributed by atoms with Crippen molar-refractivity contribution in [3.05, 3.63) is 47.0 Å². The summed E-state index contributed by atoms with van der Waals surface area (Å²) in [6.45, 7) is 6.64. The van der Waals surface area contributed by atoms with Crippen molar-refractivity contribution in [2.24, 2.45) is 0 Å². The predicted octanol–water partition coefficient (Wildman–Crippen LogP) is 2.40. The molecule has 1 aliphatic rings. The Kier molecular flexibility index (Phi) is 5.32. The maximum absolute atomic E-state index is 12.7. The number of carbonyl (C=O) groups excluding carboxylic acids is 3. The van der Waals surface area contributed by atoms with Crippen molar-refractivity contribution in [1.29, 1.82) is 0 Å². The Labute approximate surface area is 136 Å². The average molecular weight is 314 g/mol. The number of aldehydes is 1. The van der Waals surface area contributed by atoms with Crippen molar-refractivity contribution < 1.29 is 14.4 Å². The molecule has 1 unspecified atom stereocenters. The predicted molar refractivity (Wildman–Crippen MR) is 88.1 cm³/mol. The summed E-state index contributed by atoms with van der Waals surface area (Å²) in [5.74, 6) is -0.170. The Bertz CT molecular complexity index is 639. The van der Waals surface area contributed by atoms with E-state index in [0.717, 1.165) is 30.4 Å². The molecule has 0 aliphatic carbocycles. The van der Waals surface area contributed by atoms with Gasteiger partial charge < -0.3 is 9.80 Å². The Morgan fingerprint density at radius 3 is 2.57 bits per heavy atom. The van der Waals surface area contributed by atoms with Crippen LogP contribution in [0.1, 0.15) is 51.6 Å². The van der Waals surface area contributed by atoms with Gasteiger partial charge in [0.1, 0.15) is 0 Å². The topological polar surface area (TPSA) is 57.7 Å². The van der Waals surface area contributed by atoms with Crippen LogP contribution < -0.4 is 0 Å². The zero-order chi connectivity index (χ0) is 17.0. The molecule has 0 radical (unpaired) electrons. The molecule has 0 fully saturated rings. The minimum Gasteiger partial charge on any atom is -0.339 e. The summed E-state index contributed by atoms with van der Waals surface area (Å²) in [5, 5.41) is 0. The van der Waals surface area contributed by atoms with Crippen LogP contribution in [-0.2, 0) is 17.9 Å². The van der Waals surface area contributed by atoms with Gasteiger partial charge in [0.2, 0.25) is 6.41 Å². The number of fused-ring (bicyclic) bond motifs is 1. The van der Waals surface area contributed by atoms with Gasteiger partial charge in [-0.05, 0) is 43.0 Å². The Balaban J connectivity index is 2.28. The van der Waals surface area contributed by atoms with E-state index in [9.17, 15) is 14.4 Å². The summed E-state index contributed by atoms with van der Waals surface area (Å²) >= 11 is 0. The summed E-state index contributed by atoms with van der Waals surface area (Å²) in [7, 11) is 1.75. The van der Waals surface area contributed by atoms with Crippen molar-refractivity contribution >= 4 is 18.6 Å². The van der Waals surface area contributed by atoms with E-state index in [1.54, 1.807) is 29.0 Å². The standard InChI is InChI=1S/C18H22N2O3/c1-4-5-6-13(2)19(3)18(23)17-8-15-10-20(12-22)9-14(15)7-16(17)11-21/h4,7-8,11-13H,1,5-6,9-10H2,2-3H3. The molecule has 0 bridgehead atoms. The first-order valence-electron chi connectivity index (χ1n) is 7.70. The molecule has 0 saturated heterocycles. The highest BCUT2D eigenvalue weighted by atomic mass is 16.2. The molecule has 23 heavy (non-hydrogen) atoms. The summed E-state index contributed by atoms with van der Waals surface area (Å²) in [4.78, 5) is 38.3. The molecule has 0 saturated carbocycles. The van der Waals surface area contributed by atoms with Crippen LogP contribution in [0.5, 0.6) is 0 Å². The SMILES string of the molecule is C=CCCC(C)N(C)C(=O)c1cc2c(cc1C=O)CN(C=O)C2. The third-order valence-corrected chi connectivity index (χ3v) is 4.40. The van der Waals surface area contributed by atoms with Gasteiger partial charge in [0.05, 0.1) is 5.56 Å². The van der Waals surface area contributed by atoms with Crippen LogP contribution in [0.4, 0.5) is 0 Å². The van der Waals surface area contributed by atoms with E-state index in [1.165, 1.54) is 0 Å². The minimum atomic E-state index is -0.170. The lowest BCUT2D eigenvalue weighted by atomic mass is 9.99. The van der Waals surface area contributed by atoms with Crippen molar-refractivity contribution in [2.45, 2.75) is 38.9 Å². The number of hydrogen-bond acceptors (Lipinski definition) is 3. The molecule has 1 heterocycles. The van der Waals surface area contributed by atoms with Crippen LogP contribution in [0.25, 0.3) is 0 Å². The lowest BCUT2D eigenvalue weighted by Gasteiger charge is -2.25. The number of amides is 2. The first-order chi connectivity index (χ1) is 11.0. The van der Waals surface area contributed by atoms with E-state index in [4.69, 9.17) is 0 Å². The summed E-state index contributed by atoms with van der Waals surface area (Å²) in [6.07, 6.45) is 4.98. The van der Waals surface area contributed by atoms with Gasteiger partial charge in [-0.1, -0.05) is 6.08 Å². The van der Waals surface area contributed by atoms with Gasteiger partial charge in [0.15, 0.2) is 6.29 Å². The van der Waals surface area contributed by atoms with E-state index in [1.807, 2.05) is 13.0 Å². The molecular formula is C18H22N2O3. The molecule has 0 aromatic heterocycles. The zero-order valence-electron chi connectivity index (χ0n) is 13.6. The van der Waals surface area contributed by atoms with Crippen molar-refractivity contribution in [1.82, 2.24) is 9.80 Å². The van der Waals surface area contributed by atoms with Gasteiger partial charge in [0, 0.05) is 31.7 Å². The smallest absolute Gasteiger partial charge is 0.254 e. The lowest BCUT2D eigenvalue weighted by molar-refractivity contribution is -0.118. The molecular weight excluding hydrogens is 292 g/mol. The van der Waals surface area contributed by atoms with Crippen molar-refractivity contribution in [2.75, 3.05) is 7.05 Å². The number of nitrogens with zero attached hydrogens (tertiary/aromatic N) is 2. The third-order valence-electron chi connectivity index (χ3n) is 4.40. The number of benzene rings is 1. The minimum absolute atomic E-state index is 0.0553. The number of hydrogen-bond donors (Lipinski definition) is 0. The van der Waals surface area contributed by atoms with Crippen LogP contribution in [0, 0.1) is 0 Å². The highest BCUT2D eigenvalue weighted by Gasteiger charge is 2.25. The van der Waals surface area contributed by atoms with E-state index in [2.05, 4.69) is 6.58 Å². The molecule has 2 rings (SSSR count). The maximum atomic E-state index is 12.7. The van der Waals surface area contributed by atoms with Crippen LogP contribution in [0.15, 0.2) is 24.8 Å². The molecule has 2 amide bonds. The molecule has 0 N–H and O–H groups in total. The van der Waals surface area contributed by atoms with Crippen molar-refractivity contribution in [3.63, 3.8) is 0 Å².